The van der Waals surface area contributed by atoms with Crippen molar-refractivity contribution in [2.75, 3.05) is 0 Å². The highest BCUT2D eigenvalue weighted by molar-refractivity contribution is 5.70. The zero-order valence-electron chi connectivity index (χ0n) is 12.7. The minimum Gasteiger partial charge on any atom is -0.481 e. The number of aliphatic carboxylic acids is 1. The molecule has 2 nitrogen and oxygen atoms in total. The van der Waals surface area contributed by atoms with Gasteiger partial charge in [0.05, 0.1) is 6.42 Å². The smallest absolute Gasteiger partial charge is 0.307 e. The molecule has 1 rings (SSSR count). The molecule has 0 saturated carbocycles. The van der Waals surface area contributed by atoms with Crippen molar-refractivity contribution in [3.8, 4) is 0 Å². The second kappa shape index (κ2) is 10.5. The summed E-state index contributed by atoms with van der Waals surface area (Å²) in [6, 6.07) is 7.94. The summed E-state index contributed by atoms with van der Waals surface area (Å²) in [6.45, 7) is 2.24. The van der Waals surface area contributed by atoms with Gasteiger partial charge in [-0.05, 0) is 24.0 Å². The monoisotopic (exact) mass is 276 g/mol. The third-order valence-electron chi connectivity index (χ3n) is 3.76. The molecule has 0 heterocycles. The second-order valence-corrected chi connectivity index (χ2v) is 5.56. The molecule has 0 bridgehead atoms. The van der Waals surface area contributed by atoms with Crippen molar-refractivity contribution in [1.82, 2.24) is 0 Å². The van der Waals surface area contributed by atoms with Gasteiger partial charge in [0.15, 0.2) is 0 Å². The Morgan fingerprint density at radius 2 is 1.45 bits per heavy atom. The molecule has 1 aromatic carbocycles. The Morgan fingerprint density at radius 3 is 2.05 bits per heavy atom. The number of hydrogen-bond acceptors (Lipinski definition) is 1. The van der Waals surface area contributed by atoms with E-state index in [1.54, 1.807) is 0 Å². The van der Waals surface area contributed by atoms with Gasteiger partial charge < -0.3 is 5.11 Å². The van der Waals surface area contributed by atoms with E-state index in [1.807, 2.05) is 18.2 Å². The van der Waals surface area contributed by atoms with Crippen LogP contribution in [0.1, 0.15) is 69.4 Å². The minimum atomic E-state index is -0.742. The van der Waals surface area contributed by atoms with Crippen LogP contribution in [-0.2, 0) is 17.6 Å². The van der Waals surface area contributed by atoms with Crippen LogP contribution in [0.25, 0.3) is 0 Å². The highest BCUT2D eigenvalue weighted by Crippen LogP contribution is 2.15. The summed E-state index contributed by atoms with van der Waals surface area (Å²) >= 11 is 0. The van der Waals surface area contributed by atoms with Crippen LogP contribution in [-0.4, -0.2) is 11.1 Å². The molecule has 20 heavy (non-hydrogen) atoms. The molecule has 1 aromatic rings. The average molecular weight is 276 g/mol. The maximum Gasteiger partial charge on any atom is 0.307 e. The molecule has 0 unspecified atom stereocenters. The minimum absolute atomic E-state index is 0.146. The van der Waals surface area contributed by atoms with E-state index in [9.17, 15) is 4.79 Å². The van der Waals surface area contributed by atoms with E-state index in [0.717, 1.165) is 12.0 Å². The van der Waals surface area contributed by atoms with Gasteiger partial charge >= 0.3 is 5.97 Å². The van der Waals surface area contributed by atoms with Crippen LogP contribution in [0.4, 0.5) is 0 Å². The molecule has 0 spiro atoms. The molecule has 0 fully saturated rings. The van der Waals surface area contributed by atoms with Crippen LogP contribution in [0, 0.1) is 0 Å². The number of rotatable bonds is 11. The van der Waals surface area contributed by atoms with E-state index in [2.05, 4.69) is 13.0 Å². The molecule has 0 amide bonds. The number of unbranched alkanes of at least 4 members (excludes halogenated alkanes) is 7. The van der Waals surface area contributed by atoms with Gasteiger partial charge in [0.25, 0.3) is 0 Å². The van der Waals surface area contributed by atoms with Crippen molar-refractivity contribution in [1.29, 1.82) is 0 Å². The summed E-state index contributed by atoms with van der Waals surface area (Å²) in [4.78, 5) is 10.8. The lowest BCUT2D eigenvalue weighted by atomic mass is 9.98. The average Bonchev–Trinajstić information content (AvgIpc) is 2.43. The van der Waals surface area contributed by atoms with Crippen molar-refractivity contribution in [3.63, 3.8) is 0 Å². The standard InChI is InChI=1S/C18H28O2/c1-2-3-4-5-6-7-8-9-12-16-13-10-11-14-17(16)15-18(19)20/h10-11,13-14H,2-9,12,15H2,1H3,(H,19,20). The lowest BCUT2D eigenvalue weighted by molar-refractivity contribution is -0.136. The number of hydrogen-bond donors (Lipinski definition) is 1. The number of aryl methyl sites for hydroxylation is 1. The Balaban J connectivity index is 2.20. The molecular weight excluding hydrogens is 248 g/mol. The fraction of sp³-hybridized carbons (Fsp3) is 0.611. The van der Waals surface area contributed by atoms with Gasteiger partial charge in [-0.1, -0.05) is 76.1 Å². The third-order valence-corrected chi connectivity index (χ3v) is 3.76. The van der Waals surface area contributed by atoms with E-state index in [0.29, 0.717) is 0 Å². The SMILES string of the molecule is CCCCCCCCCCc1ccccc1CC(=O)O. The summed E-state index contributed by atoms with van der Waals surface area (Å²) in [5.74, 6) is -0.742. The van der Waals surface area contributed by atoms with Crippen LogP contribution in [0.3, 0.4) is 0 Å². The fourth-order valence-corrected chi connectivity index (χ4v) is 2.59. The Labute approximate surface area is 123 Å². The third kappa shape index (κ3) is 7.32. The normalized spacial score (nSPS) is 10.7. The van der Waals surface area contributed by atoms with Gasteiger partial charge in [-0.3, -0.25) is 4.79 Å². The van der Waals surface area contributed by atoms with Crippen molar-refractivity contribution < 1.29 is 9.90 Å². The molecule has 0 aliphatic carbocycles. The molecule has 0 radical (unpaired) electrons. The zero-order valence-corrected chi connectivity index (χ0v) is 12.7. The maximum atomic E-state index is 10.8. The lowest BCUT2D eigenvalue weighted by Gasteiger charge is -2.07. The maximum absolute atomic E-state index is 10.8. The molecule has 0 aliphatic heterocycles. The van der Waals surface area contributed by atoms with E-state index in [-0.39, 0.29) is 6.42 Å². The summed E-state index contributed by atoms with van der Waals surface area (Å²) in [5.41, 5.74) is 2.18. The topological polar surface area (TPSA) is 37.3 Å². The van der Waals surface area contributed by atoms with Gasteiger partial charge in [0.2, 0.25) is 0 Å². The lowest BCUT2D eigenvalue weighted by Crippen LogP contribution is -2.03. The highest BCUT2D eigenvalue weighted by atomic mass is 16.4. The molecule has 0 aliphatic rings. The molecule has 2 heteroatoms. The Morgan fingerprint density at radius 1 is 0.900 bits per heavy atom. The number of carboxylic acid groups (broad SMARTS) is 1. The first kappa shape index (κ1) is 16.7. The van der Waals surface area contributed by atoms with Crippen LogP contribution < -0.4 is 0 Å². The van der Waals surface area contributed by atoms with Crippen LogP contribution in [0.2, 0.25) is 0 Å². The molecule has 0 saturated heterocycles. The number of carbonyl (C=O) groups is 1. The first-order valence-electron chi connectivity index (χ1n) is 8.02. The highest BCUT2D eigenvalue weighted by Gasteiger charge is 2.05. The molecule has 0 atom stereocenters. The predicted molar refractivity (Wildman–Crippen MR) is 84.1 cm³/mol. The van der Waals surface area contributed by atoms with Crippen molar-refractivity contribution in [3.05, 3.63) is 35.4 Å². The van der Waals surface area contributed by atoms with Gasteiger partial charge in [0, 0.05) is 0 Å². The Bertz CT molecular complexity index is 385. The summed E-state index contributed by atoms with van der Waals surface area (Å²) in [5, 5.41) is 8.90. The summed E-state index contributed by atoms with van der Waals surface area (Å²) in [7, 11) is 0. The van der Waals surface area contributed by atoms with Crippen LogP contribution >= 0.6 is 0 Å². The molecule has 0 aromatic heterocycles. The Hall–Kier alpha value is -1.31. The summed E-state index contributed by atoms with van der Waals surface area (Å²) in [6.07, 6.45) is 11.6. The van der Waals surface area contributed by atoms with E-state index < -0.39 is 5.97 Å². The van der Waals surface area contributed by atoms with Gasteiger partial charge in [-0.15, -0.1) is 0 Å². The second-order valence-electron chi connectivity index (χ2n) is 5.56. The first-order chi connectivity index (χ1) is 9.74. The fourth-order valence-electron chi connectivity index (χ4n) is 2.59. The van der Waals surface area contributed by atoms with Gasteiger partial charge in [0.1, 0.15) is 0 Å². The zero-order chi connectivity index (χ0) is 14.6. The molecular formula is C18H28O2. The van der Waals surface area contributed by atoms with Crippen molar-refractivity contribution in [2.24, 2.45) is 0 Å². The molecule has 112 valence electrons. The summed E-state index contributed by atoms with van der Waals surface area (Å²) < 4.78 is 0. The number of benzene rings is 1. The Kier molecular flexibility index (Phi) is 8.77. The number of carboxylic acids is 1. The van der Waals surface area contributed by atoms with Crippen molar-refractivity contribution in [2.45, 2.75) is 71.1 Å². The predicted octanol–water partition coefficient (Wildman–Crippen LogP) is 5.00. The van der Waals surface area contributed by atoms with E-state index >= 15 is 0 Å². The quantitative estimate of drug-likeness (QED) is 0.578. The van der Waals surface area contributed by atoms with E-state index in [1.165, 1.54) is 56.9 Å². The van der Waals surface area contributed by atoms with E-state index in [4.69, 9.17) is 5.11 Å². The van der Waals surface area contributed by atoms with Crippen LogP contribution in [0.5, 0.6) is 0 Å². The van der Waals surface area contributed by atoms with Crippen molar-refractivity contribution >= 4 is 5.97 Å². The first-order valence-corrected chi connectivity index (χ1v) is 8.02. The van der Waals surface area contributed by atoms with Gasteiger partial charge in [-0.2, -0.15) is 0 Å². The van der Waals surface area contributed by atoms with Gasteiger partial charge in [-0.25, -0.2) is 0 Å². The van der Waals surface area contributed by atoms with Crippen LogP contribution in [0.15, 0.2) is 24.3 Å². The molecule has 1 N–H and O–H groups in total. The largest absolute Gasteiger partial charge is 0.481 e.